The summed E-state index contributed by atoms with van der Waals surface area (Å²) in [5, 5.41) is 6.79. The molecule has 4 heteroatoms. The minimum Gasteiger partial charge on any atom is -0.361 e. The van der Waals surface area contributed by atoms with Gasteiger partial charge in [0.1, 0.15) is 5.76 Å². The number of carbonyl (C=O) groups excluding carboxylic acids is 1. The van der Waals surface area contributed by atoms with Crippen LogP contribution in [0.3, 0.4) is 0 Å². The Morgan fingerprint density at radius 3 is 2.00 bits per heavy atom. The maximum Gasteiger partial charge on any atom is 0.274 e. The number of benzene rings is 2. The van der Waals surface area contributed by atoms with Crippen molar-refractivity contribution in [3.63, 3.8) is 0 Å². The average molecular weight is 292 g/mol. The van der Waals surface area contributed by atoms with Crippen molar-refractivity contribution in [3.8, 4) is 0 Å². The van der Waals surface area contributed by atoms with Crippen molar-refractivity contribution in [1.82, 2.24) is 10.5 Å². The van der Waals surface area contributed by atoms with Crippen LogP contribution >= 0.6 is 0 Å². The SMILES string of the molecule is Cc1cc(C(=O)NC(c2ccccc2)c2ccccc2)no1. The highest BCUT2D eigenvalue weighted by Gasteiger charge is 2.19. The number of amides is 1. The number of carbonyl (C=O) groups is 1. The third kappa shape index (κ3) is 3.06. The van der Waals surface area contributed by atoms with Crippen molar-refractivity contribution in [2.45, 2.75) is 13.0 Å². The van der Waals surface area contributed by atoms with E-state index in [1.807, 2.05) is 60.7 Å². The standard InChI is InChI=1S/C18H16N2O2/c1-13-12-16(20-22-13)18(21)19-17(14-8-4-2-5-9-14)15-10-6-3-7-11-15/h2-12,17H,1H3,(H,19,21). The second-order valence-corrected chi connectivity index (χ2v) is 5.05. The molecule has 0 radical (unpaired) electrons. The summed E-state index contributed by atoms with van der Waals surface area (Å²) in [6.45, 7) is 1.76. The Morgan fingerprint density at radius 1 is 1.00 bits per heavy atom. The van der Waals surface area contributed by atoms with Gasteiger partial charge in [-0.1, -0.05) is 65.8 Å². The van der Waals surface area contributed by atoms with E-state index < -0.39 is 0 Å². The lowest BCUT2D eigenvalue weighted by atomic mass is 9.98. The molecule has 0 aliphatic carbocycles. The van der Waals surface area contributed by atoms with Crippen LogP contribution in [0, 0.1) is 6.92 Å². The van der Waals surface area contributed by atoms with Gasteiger partial charge in [0.15, 0.2) is 5.69 Å². The quantitative estimate of drug-likeness (QED) is 0.800. The molecular weight excluding hydrogens is 276 g/mol. The zero-order valence-corrected chi connectivity index (χ0v) is 12.2. The molecule has 1 N–H and O–H groups in total. The lowest BCUT2D eigenvalue weighted by molar-refractivity contribution is 0.0934. The first kappa shape index (κ1) is 14.1. The van der Waals surface area contributed by atoms with E-state index in [9.17, 15) is 4.79 Å². The lowest BCUT2D eigenvalue weighted by Crippen LogP contribution is -2.29. The van der Waals surface area contributed by atoms with E-state index in [4.69, 9.17) is 4.52 Å². The Hall–Kier alpha value is -2.88. The normalized spacial score (nSPS) is 10.6. The summed E-state index contributed by atoms with van der Waals surface area (Å²) in [5.41, 5.74) is 2.32. The summed E-state index contributed by atoms with van der Waals surface area (Å²) < 4.78 is 4.97. The van der Waals surface area contributed by atoms with Gasteiger partial charge in [-0.05, 0) is 18.1 Å². The van der Waals surface area contributed by atoms with Crippen LogP contribution in [0.4, 0.5) is 0 Å². The molecule has 3 rings (SSSR count). The van der Waals surface area contributed by atoms with Gasteiger partial charge < -0.3 is 9.84 Å². The van der Waals surface area contributed by atoms with E-state index in [0.717, 1.165) is 11.1 Å². The number of nitrogens with zero attached hydrogens (tertiary/aromatic N) is 1. The maximum atomic E-state index is 12.4. The second-order valence-electron chi connectivity index (χ2n) is 5.05. The van der Waals surface area contributed by atoms with Gasteiger partial charge >= 0.3 is 0 Å². The molecule has 22 heavy (non-hydrogen) atoms. The van der Waals surface area contributed by atoms with E-state index in [-0.39, 0.29) is 17.6 Å². The molecule has 1 aromatic heterocycles. The Bertz CT molecular complexity index is 712. The van der Waals surface area contributed by atoms with Gasteiger partial charge in [-0.2, -0.15) is 0 Å². The lowest BCUT2D eigenvalue weighted by Gasteiger charge is -2.19. The molecule has 2 aromatic carbocycles. The average Bonchev–Trinajstić information content (AvgIpc) is 3.01. The molecule has 0 bridgehead atoms. The molecule has 1 heterocycles. The van der Waals surface area contributed by atoms with Crippen molar-refractivity contribution in [3.05, 3.63) is 89.3 Å². The first-order valence-corrected chi connectivity index (χ1v) is 7.08. The highest BCUT2D eigenvalue weighted by atomic mass is 16.5. The number of rotatable bonds is 4. The van der Waals surface area contributed by atoms with E-state index >= 15 is 0 Å². The van der Waals surface area contributed by atoms with Crippen LogP contribution in [-0.2, 0) is 0 Å². The molecule has 0 spiro atoms. The Kier molecular flexibility index (Phi) is 4.01. The zero-order valence-electron chi connectivity index (χ0n) is 12.2. The van der Waals surface area contributed by atoms with Gasteiger partial charge in [-0.15, -0.1) is 0 Å². The van der Waals surface area contributed by atoms with Crippen LogP contribution in [0.25, 0.3) is 0 Å². The Labute approximate surface area is 128 Å². The Balaban J connectivity index is 1.91. The molecule has 0 saturated heterocycles. The topological polar surface area (TPSA) is 55.1 Å². The fourth-order valence-corrected chi connectivity index (χ4v) is 2.33. The molecular formula is C18H16N2O2. The van der Waals surface area contributed by atoms with Crippen molar-refractivity contribution < 1.29 is 9.32 Å². The van der Waals surface area contributed by atoms with Gasteiger partial charge in [0, 0.05) is 6.07 Å². The molecule has 0 atom stereocenters. The van der Waals surface area contributed by atoms with Crippen LogP contribution in [0.2, 0.25) is 0 Å². The highest BCUT2D eigenvalue weighted by Crippen LogP contribution is 2.22. The molecule has 110 valence electrons. The van der Waals surface area contributed by atoms with Crippen molar-refractivity contribution in [1.29, 1.82) is 0 Å². The summed E-state index contributed by atoms with van der Waals surface area (Å²) in [5.74, 6) is 0.357. The van der Waals surface area contributed by atoms with Gasteiger partial charge in [-0.3, -0.25) is 4.79 Å². The number of aryl methyl sites for hydroxylation is 1. The van der Waals surface area contributed by atoms with E-state index in [0.29, 0.717) is 5.76 Å². The fraction of sp³-hybridized carbons (Fsp3) is 0.111. The number of aromatic nitrogens is 1. The van der Waals surface area contributed by atoms with E-state index in [1.165, 1.54) is 0 Å². The molecule has 0 fully saturated rings. The molecule has 0 unspecified atom stereocenters. The summed E-state index contributed by atoms with van der Waals surface area (Å²) in [6.07, 6.45) is 0. The van der Waals surface area contributed by atoms with Gasteiger partial charge in [0.25, 0.3) is 5.91 Å². The monoisotopic (exact) mass is 292 g/mol. The Morgan fingerprint density at radius 2 is 1.55 bits per heavy atom. The third-order valence-electron chi connectivity index (χ3n) is 3.40. The van der Waals surface area contributed by atoms with Crippen LogP contribution in [0.5, 0.6) is 0 Å². The molecule has 0 aliphatic rings. The maximum absolute atomic E-state index is 12.4. The molecule has 0 saturated carbocycles. The van der Waals surface area contributed by atoms with Crippen LogP contribution in [0.15, 0.2) is 71.3 Å². The third-order valence-corrected chi connectivity index (χ3v) is 3.40. The molecule has 0 aliphatic heterocycles. The minimum absolute atomic E-state index is 0.230. The first-order valence-electron chi connectivity index (χ1n) is 7.08. The minimum atomic E-state index is -0.255. The smallest absolute Gasteiger partial charge is 0.274 e. The van der Waals surface area contributed by atoms with Crippen LogP contribution in [-0.4, -0.2) is 11.1 Å². The molecule has 4 nitrogen and oxygen atoms in total. The summed E-state index contributed by atoms with van der Waals surface area (Å²) >= 11 is 0. The highest BCUT2D eigenvalue weighted by molar-refractivity contribution is 5.92. The number of nitrogens with one attached hydrogen (secondary N) is 1. The van der Waals surface area contributed by atoms with Crippen molar-refractivity contribution in [2.75, 3.05) is 0 Å². The fourth-order valence-electron chi connectivity index (χ4n) is 2.33. The summed E-state index contributed by atoms with van der Waals surface area (Å²) in [6, 6.07) is 21.1. The van der Waals surface area contributed by atoms with Gasteiger partial charge in [-0.25, -0.2) is 0 Å². The van der Waals surface area contributed by atoms with Crippen molar-refractivity contribution >= 4 is 5.91 Å². The van der Waals surface area contributed by atoms with Gasteiger partial charge in [0.05, 0.1) is 6.04 Å². The predicted molar refractivity (Wildman–Crippen MR) is 83.4 cm³/mol. The van der Waals surface area contributed by atoms with Gasteiger partial charge in [0.2, 0.25) is 0 Å². The summed E-state index contributed by atoms with van der Waals surface area (Å²) in [7, 11) is 0. The van der Waals surface area contributed by atoms with Crippen LogP contribution < -0.4 is 5.32 Å². The first-order chi connectivity index (χ1) is 10.7. The zero-order chi connectivity index (χ0) is 15.4. The summed E-state index contributed by atoms with van der Waals surface area (Å²) in [4.78, 5) is 12.4. The van der Waals surface area contributed by atoms with Crippen molar-refractivity contribution in [2.24, 2.45) is 0 Å². The molecule has 3 aromatic rings. The number of hydrogen-bond donors (Lipinski definition) is 1. The van der Waals surface area contributed by atoms with E-state index in [2.05, 4.69) is 10.5 Å². The molecule has 1 amide bonds. The predicted octanol–water partition coefficient (Wildman–Crippen LogP) is 3.50. The second kappa shape index (κ2) is 6.26. The largest absolute Gasteiger partial charge is 0.361 e. The van der Waals surface area contributed by atoms with Crippen LogP contribution in [0.1, 0.15) is 33.4 Å². The van der Waals surface area contributed by atoms with E-state index in [1.54, 1.807) is 13.0 Å². The number of hydrogen-bond acceptors (Lipinski definition) is 3.